The Labute approximate surface area is 153 Å². The van der Waals surface area contributed by atoms with Crippen LogP contribution in [0.1, 0.15) is 11.1 Å². The van der Waals surface area contributed by atoms with E-state index in [0.717, 1.165) is 34.9 Å². The standard InChI is InChI=1S/C20H25NO5/c1-21(10-15-4-3-5-18(8-15)23-2)11-17(22)13-24-12-16-6-7-19-20(9-16)26-14-25-19/h3-9,17,22H,10-14H2,1-2H3. The second-order valence-electron chi connectivity index (χ2n) is 6.40. The van der Waals surface area contributed by atoms with E-state index in [-0.39, 0.29) is 13.4 Å². The molecule has 6 nitrogen and oxygen atoms in total. The van der Waals surface area contributed by atoms with Crippen LogP contribution in [0.3, 0.4) is 0 Å². The Bertz CT molecular complexity index is 721. The summed E-state index contributed by atoms with van der Waals surface area (Å²) in [4.78, 5) is 2.06. The van der Waals surface area contributed by atoms with E-state index in [9.17, 15) is 5.11 Å². The Morgan fingerprint density at radius 2 is 1.96 bits per heavy atom. The van der Waals surface area contributed by atoms with Gasteiger partial charge in [0.15, 0.2) is 11.5 Å². The van der Waals surface area contributed by atoms with Crippen molar-refractivity contribution < 1.29 is 24.1 Å². The molecule has 1 N–H and O–H groups in total. The lowest BCUT2D eigenvalue weighted by molar-refractivity contribution is 0.0127. The Morgan fingerprint density at radius 3 is 2.81 bits per heavy atom. The molecule has 0 amide bonds. The van der Waals surface area contributed by atoms with Gasteiger partial charge in [-0.1, -0.05) is 18.2 Å². The fourth-order valence-electron chi connectivity index (χ4n) is 2.90. The number of aliphatic hydroxyl groups excluding tert-OH is 1. The largest absolute Gasteiger partial charge is 0.497 e. The molecule has 1 heterocycles. The van der Waals surface area contributed by atoms with Gasteiger partial charge in [-0.3, -0.25) is 4.90 Å². The molecule has 0 saturated heterocycles. The van der Waals surface area contributed by atoms with Crippen molar-refractivity contribution in [2.24, 2.45) is 0 Å². The van der Waals surface area contributed by atoms with Crippen molar-refractivity contribution in [2.75, 3.05) is 34.1 Å². The van der Waals surface area contributed by atoms with Crippen LogP contribution in [0.25, 0.3) is 0 Å². The van der Waals surface area contributed by atoms with Crippen LogP contribution in [-0.4, -0.2) is 50.2 Å². The topological polar surface area (TPSA) is 60.4 Å². The van der Waals surface area contributed by atoms with Gasteiger partial charge in [-0.05, 0) is 42.4 Å². The summed E-state index contributed by atoms with van der Waals surface area (Å²) in [5.74, 6) is 2.33. The van der Waals surface area contributed by atoms with Crippen molar-refractivity contribution in [1.82, 2.24) is 4.90 Å². The van der Waals surface area contributed by atoms with Crippen molar-refractivity contribution in [1.29, 1.82) is 0 Å². The van der Waals surface area contributed by atoms with Gasteiger partial charge >= 0.3 is 0 Å². The number of methoxy groups -OCH3 is 1. The molecule has 6 heteroatoms. The summed E-state index contributed by atoms with van der Waals surface area (Å²) in [7, 11) is 3.63. The summed E-state index contributed by atoms with van der Waals surface area (Å²) >= 11 is 0. The van der Waals surface area contributed by atoms with Crippen LogP contribution in [0.4, 0.5) is 0 Å². The SMILES string of the molecule is COc1cccc(CN(C)CC(O)COCc2ccc3c(c2)OCO3)c1. The summed E-state index contributed by atoms with van der Waals surface area (Å²) in [5, 5.41) is 10.2. The number of aliphatic hydroxyl groups is 1. The van der Waals surface area contributed by atoms with E-state index < -0.39 is 6.10 Å². The molecular formula is C20H25NO5. The van der Waals surface area contributed by atoms with Gasteiger partial charge < -0.3 is 24.1 Å². The molecule has 0 fully saturated rings. The predicted octanol–water partition coefficient (Wildman–Crippen LogP) is 2.43. The highest BCUT2D eigenvalue weighted by atomic mass is 16.7. The first-order chi connectivity index (χ1) is 12.6. The molecule has 1 atom stereocenters. The van der Waals surface area contributed by atoms with Crippen molar-refractivity contribution >= 4 is 0 Å². The van der Waals surface area contributed by atoms with Gasteiger partial charge in [-0.2, -0.15) is 0 Å². The molecule has 0 aliphatic carbocycles. The summed E-state index contributed by atoms with van der Waals surface area (Å²) in [5.41, 5.74) is 2.13. The van der Waals surface area contributed by atoms with Crippen molar-refractivity contribution in [3.63, 3.8) is 0 Å². The Kier molecular flexibility index (Phi) is 6.33. The molecule has 2 aromatic rings. The number of ether oxygens (including phenoxy) is 4. The third-order valence-electron chi connectivity index (χ3n) is 4.13. The third-order valence-corrected chi connectivity index (χ3v) is 4.13. The molecule has 1 aliphatic heterocycles. The van der Waals surface area contributed by atoms with Gasteiger partial charge in [0.25, 0.3) is 0 Å². The first-order valence-electron chi connectivity index (χ1n) is 8.60. The van der Waals surface area contributed by atoms with Crippen LogP contribution in [0, 0.1) is 0 Å². The zero-order valence-corrected chi connectivity index (χ0v) is 15.2. The van der Waals surface area contributed by atoms with Gasteiger partial charge in [0, 0.05) is 13.1 Å². The summed E-state index contributed by atoms with van der Waals surface area (Å²) in [6.07, 6.45) is -0.556. The summed E-state index contributed by atoms with van der Waals surface area (Å²) in [6.45, 7) is 2.22. The lowest BCUT2D eigenvalue weighted by Crippen LogP contribution is -2.31. The van der Waals surface area contributed by atoms with E-state index in [1.54, 1.807) is 7.11 Å². The van der Waals surface area contributed by atoms with Crippen molar-refractivity contribution in [3.8, 4) is 17.2 Å². The summed E-state index contributed by atoms with van der Waals surface area (Å²) < 4.78 is 21.5. The minimum Gasteiger partial charge on any atom is -0.497 e. The fourth-order valence-corrected chi connectivity index (χ4v) is 2.90. The minimum atomic E-state index is -0.556. The van der Waals surface area contributed by atoms with Crippen LogP contribution < -0.4 is 14.2 Å². The number of likely N-dealkylation sites (N-methyl/N-ethyl adjacent to an activating group) is 1. The molecule has 0 aromatic heterocycles. The van der Waals surface area contributed by atoms with E-state index in [2.05, 4.69) is 4.90 Å². The Balaban J connectivity index is 1.40. The normalized spacial score (nSPS) is 13.8. The van der Waals surface area contributed by atoms with Gasteiger partial charge in [-0.15, -0.1) is 0 Å². The highest BCUT2D eigenvalue weighted by molar-refractivity contribution is 5.44. The maximum atomic E-state index is 10.2. The van der Waals surface area contributed by atoms with E-state index in [1.165, 1.54) is 0 Å². The molecular weight excluding hydrogens is 334 g/mol. The highest BCUT2D eigenvalue weighted by Gasteiger charge is 2.14. The Hall–Kier alpha value is -2.28. The van der Waals surface area contributed by atoms with E-state index >= 15 is 0 Å². The number of hydrogen-bond acceptors (Lipinski definition) is 6. The van der Waals surface area contributed by atoms with Crippen molar-refractivity contribution in [3.05, 3.63) is 53.6 Å². The van der Waals surface area contributed by atoms with E-state index in [4.69, 9.17) is 18.9 Å². The number of rotatable bonds is 9. The zero-order valence-electron chi connectivity index (χ0n) is 15.2. The number of hydrogen-bond donors (Lipinski definition) is 1. The first-order valence-corrected chi connectivity index (χ1v) is 8.60. The van der Waals surface area contributed by atoms with Crippen LogP contribution in [0.2, 0.25) is 0 Å². The molecule has 1 aliphatic rings. The lowest BCUT2D eigenvalue weighted by atomic mass is 10.2. The third kappa shape index (κ3) is 5.11. The fraction of sp³-hybridized carbons (Fsp3) is 0.400. The van der Waals surface area contributed by atoms with Crippen LogP contribution in [0.15, 0.2) is 42.5 Å². The first kappa shape index (κ1) is 18.5. The average Bonchev–Trinajstić information content (AvgIpc) is 3.09. The second kappa shape index (κ2) is 8.89. The van der Waals surface area contributed by atoms with Gasteiger partial charge in [0.2, 0.25) is 6.79 Å². The second-order valence-corrected chi connectivity index (χ2v) is 6.40. The van der Waals surface area contributed by atoms with Gasteiger partial charge in [0.05, 0.1) is 26.4 Å². The molecule has 140 valence electrons. The molecule has 0 saturated carbocycles. The van der Waals surface area contributed by atoms with Gasteiger partial charge in [0.1, 0.15) is 5.75 Å². The average molecular weight is 359 g/mol. The zero-order chi connectivity index (χ0) is 18.4. The number of fused-ring (bicyclic) bond motifs is 1. The van der Waals surface area contributed by atoms with E-state index in [0.29, 0.717) is 13.2 Å². The molecule has 1 unspecified atom stereocenters. The minimum absolute atomic E-state index is 0.262. The van der Waals surface area contributed by atoms with E-state index in [1.807, 2.05) is 49.5 Å². The molecule has 0 spiro atoms. The molecule has 0 radical (unpaired) electrons. The van der Waals surface area contributed by atoms with Crippen molar-refractivity contribution in [2.45, 2.75) is 19.3 Å². The smallest absolute Gasteiger partial charge is 0.231 e. The number of benzene rings is 2. The lowest BCUT2D eigenvalue weighted by Gasteiger charge is -2.21. The number of nitrogens with zero attached hydrogens (tertiary/aromatic N) is 1. The van der Waals surface area contributed by atoms with Crippen LogP contribution in [-0.2, 0) is 17.9 Å². The maximum Gasteiger partial charge on any atom is 0.231 e. The highest BCUT2D eigenvalue weighted by Crippen LogP contribution is 2.32. The maximum absolute atomic E-state index is 10.2. The van der Waals surface area contributed by atoms with Crippen LogP contribution >= 0.6 is 0 Å². The Morgan fingerprint density at radius 1 is 1.12 bits per heavy atom. The summed E-state index contributed by atoms with van der Waals surface area (Å²) in [6, 6.07) is 13.6. The molecule has 2 aromatic carbocycles. The quantitative estimate of drug-likeness (QED) is 0.742. The monoisotopic (exact) mass is 359 g/mol. The van der Waals surface area contributed by atoms with Crippen LogP contribution in [0.5, 0.6) is 17.2 Å². The van der Waals surface area contributed by atoms with Gasteiger partial charge in [-0.25, -0.2) is 0 Å². The molecule has 26 heavy (non-hydrogen) atoms. The molecule has 3 rings (SSSR count). The molecule has 0 bridgehead atoms. The predicted molar refractivity (Wildman–Crippen MR) is 97.6 cm³/mol.